The van der Waals surface area contributed by atoms with Crippen LogP contribution < -0.4 is 0 Å². The van der Waals surface area contributed by atoms with Crippen molar-refractivity contribution in [2.45, 2.75) is 26.2 Å². The Morgan fingerprint density at radius 3 is 2.31 bits per heavy atom. The van der Waals surface area contributed by atoms with Gasteiger partial charge in [0.25, 0.3) is 0 Å². The van der Waals surface area contributed by atoms with E-state index in [1.54, 1.807) is 13.2 Å². The normalized spacial score (nSPS) is 11.7. The van der Waals surface area contributed by atoms with Crippen LogP contribution in [0.15, 0.2) is 6.20 Å². The van der Waals surface area contributed by atoms with Crippen LogP contribution in [0.3, 0.4) is 0 Å². The Hall–Kier alpha value is -1.32. The second kappa shape index (κ2) is 2.87. The first-order valence-electron chi connectivity index (χ1n) is 4.09. The number of rotatable bonds is 1. The van der Waals surface area contributed by atoms with Gasteiger partial charge in [0, 0.05) is 18.7 Å². The summed E-state index contributed by atoms with van der Waals surface area (Å²) in [6, 6.07) is 0. The highest BCUT2D eigenvalue weighted by Gasteiger charge is 2.20. The molecule has 0 aliphatic carbocycles. The molecule has 1 aromatic rings. The van der Waals surface area contributed by atoms with Gasteiger partial charge in [-0.05, 0) is 0 Å². The van der Waals surface area contributed by atoms with Crippen LogP contribution >= 0.6 is 0 Å². The van der Waals surface area contributed by atoms with Crippen molar-refractivity contribution >= 4 is 5.97 Å². The van der Waals surface area contributed by atoms with Gasteiger partial charge in [-0.3, -0.25) is 0 Å². The summed E-state index contributed by atoms with van der Waals surface area (Å²) < 4.78 is 1.53. The average Bonchev–Trinajstić information content (AvgIpc) is 2.29. The van der Waals surface area contributed by atoms with E-state index < -0.39 is 5.97 Å². The molecule has 72 valence electrons. The van der Waals surface area contributed by atoms with Gasteiger partial charge in [0.05, 0.1) is 5.69 Å². The molecule has 1 N–H and O–H groups in total. The van der Waals surface area contributed by atoms with Gasteiger partial charge in [-0.2, -0.15) is 0 Å². The lowest BCUT2D eigenvalue weighted by molar-refractivity contribution is 0.0679. The summed E-state index contributed by atoms with van der Waals surface area (Å²) in [4.78, 5) is 14.7. The lowest BCUT2D eigenvalue weighted by atomic mass is 9.93. The zero-order chi connectivity index (χ0) is 10.2. The molecule has 1 rings (SSSR count). The summed E-state index contributed by atoms with van der Waals surface area (Å²) in [6.45, 7) is 6.00. The molecule has 0 saturated heterocycles. The quantitative estimate of drug-likeness (QED) is 0.714. The first kappa shape index (κ1) is 9.77. The number of aryl methyl sites for hydroxylation is 1. The number of carboxylic acid groups (broad SMARTS) is 1. The zero-order valence-electron chi connectivity index (χ0n) is 8.33. The summed E-state index contributed by atoms with van der Waals surface area (Å²) >= 11 is 0. The number of hydrogen-bond acceptors (Lipinski definition) is 2. The van der Waals surface area contributed by atoms with Crippen molar-refractivity contribution in [3.8, 4) is 0 Å². The SMILES string of the molecule is Cn1cc(C(C)(C)C)nc1C(=O)O. The average molecular weight is 182 g/mol. The third kappa shape index (κ3) is 1.88. The monoisotopic (exact) mass is 182 g/mol. The summed E-state index contributed by atoms with van der Waals surface area (Å²) in [6.07, 6.45) is 1.75. The summed E-state index contributed by atoms with van der Waals surface area (Å²) in [7, 11) is 1.69. The van der Waals surface area contributed by atoms with E-state index in [0.29, 0.717) is 0 Å². The fourth-order valence-electron chi connectivity index (χ4n) is 1.03. The highest BCUT2D eigenvalue weighted by Crippen LogP contribution is 2.20. The molecule has 4 nitrogen and oxygen atoms in total. The number of imidazole rings is 1. The van der Waals surface area contributed by atoms with Crippen LogP contribution in [0.2, 0.25) is 0 Å². The molecule has 0 aliphatic heterocycles. The highest BCUT2D eigenvalue weighted by atomic mass is 16.4. The molecule has 13 heavy (non-hydrogen) atoms. The Kier molecular flexibility index (Phi) is 2.15. The van der Waals surface area contributed by atoms with E-state index in [9.17, 15) is 4.79 Å². The Morgan fingerprint density at radius 2 is 2.08 bits per heavy atom. The molecule has 0 spiro atoms. The Labute approximate surface area is 77.2 Å². The Balaban J connectivity index is 3.17. The van der Waals surface area contributed by atoms with Gasteiger partial charge in [-0.25, -0.2) is 9.78 Å². The van der Waals surface area contributed by atoms with Crippen LogP contribution in [-0.4, -0.2) is 20.6 Å². The molecule has 1 heterocycles. The summed E-state index contributed by atoms with van der Waals surface area (Å²) in [5.74, 6) is -0.900. The lowest BCUT2D eigenvalue weighted by Gasteiger charge is -2.13. The van der Waals surface area contributed by atoms with Crippen LogP contribution in [0.5, 0.6) is 0 Å². The number of nitrogens with zero attached hydrogens (tertiary/aromatic N) is 2. The van der Waals surface area contributed by atoms with Crippen molar-refractivity contribution < 1.29 is 9.90 Å². The third-order valence-corrected chi connectivity index (χ3v) is 1.84. The van der Waals surface area contributed by atoms with E-state index in [4.69, 9.17) is 5.11 Å². The number of aromatic nitrogens is 2. The van der Waals surface area contributed by atoms with Gasteiger partial charge in [0.15, 0.2) is 0 Å². The molecule has 0 aliphatic rings. The molecule has 0 amide bonds. The standard InChI is InChI=1S/C9H14N2O2/c1-9(2,3)6-5-11(4)7(10-6)8(12)13/h5H,1-4H3,(H,12,13). The second-order valence-corrected chi connectivity index (χ2v) is 4.12. The molecular weight excluding hydrogens is 168 g/mol. The van der Waals surface area contributed by atoms with Crippen molar-refractivity contribution in [2.24, 2.45) is 7.05 Å². The van der Waals surface area contributed by atoms with Crippen molar-refractivity contribution in [3.63, 3.8) is 0 Å². The molecule has 0 saturated carbocycles. The molecule has 0 bridgehead atoms. The predicted octanol–water partition coefficient (Wildman–Crippen LogP) is 1.42. The van der Waals surface area contributed by atoms with Crippen molar-refractivity contribution in [1.82, 2.24) is 9.55 Å². The first-order chi connectivity index (χ1) is 5.82. The van der Waals surface area contributed by atoms with Crippen LogP contribution in [0, 0.1) is 0 Å². The smallest absolute Gasteiger partial charge is 0.372 e. The van der Waals surface area contributed by atoms with Gasteiger partial charge in [0.1, 0.15) is 0 Å². The molecule has 4 heteroatoms. The zero-order valence-corrected chi connectivity index (χ0v) is 8.33. The lowest BCUT2D eigenvalue weighted by Crippen LogP contribution is -2.12. The highest BCUT2D eigenvalue weighted by molar-refractivity contribution is 5.83. The molecule has 0 radical (unpaired) electrons. The van der Waals surface area contributed by atoms with E-state index >= 15 is 0 Å². The predicted molar refractivity (Wildman–Crippen MR) is 48.9 cm³/mol. The Morgan fingerprint density at radius 1 is 1.54 bits per heavy atom. The molecule has 0 atom stereocenters. The van der Waals surface area contributed by atoms with E-state index in [1.165, 1.54) is 4.57 Å². The van der Waals surface area contributed by atoms with Crippen molar-refractivity contribution in [3.05, 3.63) is 17.7 Å². The van der Waals surface area contributed by atoms with Crippen LogP contribution in [-0.2, 0) is 12.5 Å². The second-order valence-electron chi connectivity index (χ2n) is 4.12. The number of carbonyl (C=O) groups is 1. The fraction of sp³-hybridized carbons (Fsp3) is 0.556. The van der Waals surface area contributed by atoms with Gasteiger partial charge in [-0.1, -0.05) is 20.8 Å². The maximum Gasteiger partial charge on any atom is 0.372 e. The van der Waals surface area contributed by atoms with Crippen LogP contribution in [0.25, 0.3) is 0 Å². The van der Waals surface area contributed by atoms with Gasteiger partial charge in [-0.15, -0.1) is 0 Å². The van der Waals surface area contributed by atoms with Gasteiger partial charge < -0.3 is 9.67 Å². The van der Waals surface area contributed by atoms with Crippen molar-refractivity contribution in [1.29, 1.82) is 0 Å². The van der Waals surface area contributed by atoms with Gasteiger partial charge >= 0.3 is 5.97 Å². The third-order valence-electron chi connectivity index (χ3n) is 1.84. The van der Waals surface area contributed by atoms with Crippen LogP contribution in [0.1, 0.15) is 37.1 Å². The maximum atomic E-state index is 10.7. The minimum atomic E-state index is -0.988. The minimum Gasteiger partial charge on any atom is -0.475 e. The largest absolute Gasteiger partial charge is 0.475 e. The summed E-state index contributed by atoms with van der Waals surface area (Å²) in [5, 5.41) is 8.76. The first-order valence-corrected chi connectivity index (χ1v) is 4.09. The number of hydrogen-bond donors (Lipinski definition) is 1. The topological polar surface area (TPSA) is 55.1 Å². The van der Waals surface area contributed by atoms with E-state index in [-0.39, 0.29) is 11.2 Å². The summed E-state index contributed by atoms with van der Waals surface area (Å²) in [5.41, 5.74) is 0.693. The fourth-order valence-corrected chi connectivity index (χ4v) is 1.03. The van der Waals surface area contributed by atoms with E-state index in [1.807, 2.05) is 20.8 Å². The van der Waals surface area contributed by atoms with E-state index in [0.717, 1.165) is 5.69 Å². The van der Waals surface area contributed by atoms with E-state index in [2.05, 4.69) is 4.98 Å². The van der Waals surface area contributed by atoms with Gasteiger partial charge in [0.2, 0.25) is 5.82 Å². The molecular formula is C9H14N2O2. The Bertz CT molecular complexity index is 334. The molecule has 0 unspecified atom stereocenters. The number of carboxylic acids is 1. The minimum absolute atomic E-state index is 0.0879. The van der Waals surface area contributed by atoms with Crippen LogP contribution in [0.4, 0.5) is 0 Å². The number of aromatic carboxylic acids is 1. The van der Waals surface area contributed by atoms with Crippen molar-refractivity contribution in [2.75, 3.05) is 0 Å². The maximum absolute atomic E-state index is 10.7. The molecule has 1 aromatic heterocycles. The molecule has 0 fully saturated rings. The molecule has 0 aromatic carbocycles.